The van der Waals surface area contributed by atoms with Crippen LogP contribution in [0.15, 0.2) is 12.7 Å². The van der Waals surface area contributed by atoms with Crippen LogP contribution in [0, 0.1) is 12.8 Å². The van der Waals surface area contributed by atoms with Gasteiger partial charge in [-0.3, -0.25) is 0 Å². The highest BCUT2D eigenvalue weighted by atomic mass is 14.9. The quantitative estimate of drug-likeness (QED) is 0.415. The normalized spacial score (nSPS) is 20.2. The molecular formula is C10H19N. The predicted octanol–water partition coefficient (Wildman–Crippen LogP) is 2.20. The molecule has 1 N–H and O–H groups in total. The number of rotatable bonds is 0. The van der Waals surface area contributed by atoms with Crippen LogP contribution in [-0.4, -0.2) is 12.6 Å². The average Bonchev–Trinajstić information content (AvgIpc) is 2.46. The molecule has 1 heteroatoms. The van der Waals surface area contributed by atoms with Gasteiger partial charge >= 0.3 is 0 Å². The van der Waals surface area contributed by atoms with E-state index >= 15 is 0 Å². The fourth-order valence-electron chi connectivity index (χ4n) is 0.859. The van der Waals surface area contributed by atoms with Crippen molar-refractivity contribution < 1.29 is 0 Å². The molecule has 0 amide bonds. The zero-order chi connectivity index (χ0) is 9.11. The summed E-state index contributed by atoms with van der Waals surface area (Å²) in [7, 11) is 0. The SMILES string of the molecule is C#C.C=CC.C[C@@H]1CCCN1. The van der Waals surface area contributed by atoms with Gasteiger partial charge in [0.05, 0.1) is 0 Å². The van der Waals surface area contributed by atoms with E-state index in [1.807, 2.05) is 6.92 Å². The van der Waals surface area contributed by atoms with Crippen molar-refractivity contribution in [3.63, 3.8) is 0 Å². The lowest BCUT2D eigenvalue weighted by Crippen LogP contribution is -2.16. The van der Waals surface area contributed by atoms with Gasteiger partial charge in [0, 0.05) is 6.04 Å². The third-order valence-electron chi connectivity index (χ3n) is 1.31. The molecule has 0 aromatic carbocycles. The topological polar surface area (TPSA) is 12.0 Å². The molecule has 0 radical (unpaired) electrons. The van der Waals surface area contributed by atoms with Crippen LogP contribution in [0.4, 0.5) is 0 Å². The summed E-state index contributed by atoms with van der Waals surface area (Å²) in [4.78, 5) is 0. The third-order valence-corrected chi connectivity index (χ3v) is 1.31. The van der Waals surface area contributed by atoms with Crippen molar-refractivity contribution in [1.82, 2.24) is 5.32 Å². The van der Waals surface area contributed by atoms with Gasteiger partial charge in [0.1, 0.15) is 0 Å². The summed E-state index contributed by atoms with van der Waals surface area (Å²) in [6, 6.07) is 0.796. The Morgan fingerprint density at radius 3 is 2.09 bits per heavy atom. The van der Waals surface area contributed by atoms with Gasteiger partial charge in [-0.2, -0.15) is 0 Å². The Balaban J connectivity index is 0. The van der Waals surface area contributed by atoms with Gasteiger partial charge < -0.3 is 5.32 Å². The first-order valence-electron chi connectivity index (χ1n) is 3.95. The average molecular weight is 153 g/mol. The van der Waals surface area contributed by atoms with E-state index in [1.165, 1.54) is 19.4 Å². The monoisotopic (exact) mass is 153 g/mol. The molecule has 1 saturated heterocycles. The van der Waals surface area contributed by atoms with Crippen molar-refractivity contribution in [3.05, 3.63) is 12.7 Å². The maximum absolute atomic E-state index is 4.00. The zero-order valence-electron chi connectivity index (χ0n) is 7.64. The van der Waals surface area contributed by atoms with Gasteiger partial charge in [-0.1, -0.05) is 6.08 Å². The molecule has 0 bridgehead atoms. The second-order valence-electron chi connectivity index (χ2n) is 2.41. The molecule has 0 unspecified atom stereocenters. The summed E-state index contributed by atoms with van der Waals surface area (Å²) >= 11 is 0. The Hall–Kier alpha value is -0.740. The third kappa shape index (κ3) is 12.5. The van der Waals surface area contributed by atoms with E-state index in [4.69, 9.17) is 0 Å². The van der Waals surface area contributed by atoms with E-state index in [0.29, 0.717) is 0 Å². The lowest BCUT2D eigenvalue weighted by molar-refractivity contribution is 0.664. The van der Waals surface area contributed by atoms with Crippen LogP contribution < -0.4 is 5.32 Å². The summed E-state index contributed by atoms with van der Waals surface area (Å²) in [6.45, 7) is 8.72. The minimum atomic E-state index is 0.796. The molecule has 0 aromatic rings. The molecule has 1 rings (SSSR count). The molecule has 0 aromatic heterocycles. The number of allylic oxidation sites excluding steroid dienone is 1. The molecule has 1 heterocycles. The Kier molecular flexibility index (Phi) is 14.1. The minimum absolute atomic E-state index is 0.796. The smallest absolute Gasteiger partial charge is 0.00391 e. The zero-order valence-corrected chi connectivity index (χ0v) is 7.64. The molecule has 64 valence electrons. The molecule has 11 heavy (non-hydrogen) atoms. The Morgan fingerprint density at radius 2 is 2.00 bits per heavy atom. The Labute approximate surface area is 70.9 Å². The van der Waals surface area contributed by atoms with Crippen LogP contribution in [0.3, 0.4) is 0 Å². The number of hydrogen-bond acceptors (Lipinski definition) is 1. The van der Waals surface area contributed by atoms with Crippen LogP contribution in [0.1, 0.15) is 26.7 Å². The van der Waals surface area contributed by atoms with Gasteiger partial charge in [0.25, 0.3) is 0 Å². The van der Waals surface area contributed by atoms with Crippen LogP contribution in [-0.2, 0) is 0 Å². The summed E-state index contributed by atoms with van der Waals surface area (Å²) in [5, 5.41) is 3.32. The van der Waals surface area contributed by atoms with E-state index in [1.54, 1.807) is 6.08 Å². The molecule has 1 nitrogen and oxygen atoms in total. The van der Waals surface area contributed by atoms with Crippen molar-refractivity contribution >= 4 is 0 Å². The van der Waals surface area contributed by atoms with Crippen molar-refractivity contribution in [3.8, 4) is 12.8 Å². The van der Waals surface area contributed by atoms with Crippen LogP contribution in [0.5, 0.6) is 0 Å². The number of hydrogen-bond donors (Lipinski definition) is 1. The van der Waals surface area contributed by atoms with Gasteiger partial charge in [-0.15, -0.1) is 19.4 Å². The van der Waals surface area contributed by atoms with Gasteiger partial charge in [-0.05, 0) is 33.2 Å². The number of nitrogens with one attached hydrogen (secondary N) is 1. The van der Waals surface area contributed by atoms with Crippen LogP contribution in [0.25, 0.3) is 0 Å². The molecule has 0 spiro atoms. The maximum Gasteiger partial charge on any atom is 0.00391 e. The summed E-state index contributed by atoms with van der Waals surface area (Å²) in [5.41, 5.74) is 0. The summed E-state index contributed by atoms with van der Waals surface area (Å²) < 4.78 is 0. The molecule has 0 saturated carbocycles. The molecule has 1 aliphatic heterocycles. The predicted molar refractivity (Wildman–Crippen MR) is 52.5 cm³/mol. The second-order valence-corrected chi connectivity index (χ2v) is 2.41. The van der Waals surface area contributed by atoms with E-state index in [9.17, 15) is 0 Å². The highest BCUT2D eigenvalue weighted by Crippen LogP contribution is 2.01. The first-order valence-corrected chi connectivity index (χ1v) is 3.95. The lowest BCUT2D eigenvalue weighted by Gasteiger charge is -1.95. The first-order chi connectivity index (χ1) is 5.31. The van der Waals surface area contributed by atoms with Gasteiger partial charge in [0.15, 0.2) is 0 Å². The minimum Gasteiger partial charge on any atom is -0.314 e. The standard InChI is InChI=1S/C5H11N.C3H6.C2H2/c1-5-3-2-4-6-5;1-3-2;1-2/h5-6H,2-4H2,1H3;3H,1H2,2H3;1-2H/t5-;;/m1../s1. The highest BCUT2D eigenvalue weighted by Gasteiger charge is 2.05. The Bertz CT molecular complexity index is 88.3. The maximum atomic E-state index is 4.00. The first kappa shape index (κ1) is 12.9. The van der Waals surface area contributed by atoms with Crippen molar-refractivity contribution in [2.24, 2.45) is 0 Å². The summed E-state index contributed by atoms with van der Waals surface area (Å²) in [6.07, 6.45) is 12.5. The summed E-state index contributed by atoms with van der Waals surface area (Å²) in [5.74, 6) is 0. The van der Waals surface area contributed by atoms with E-state index < -0.39 is 0 Å². The van der Waals surface area contributed by atoms with Crippen molar-refractivity contribution in [2.75, 3.05) is 6.54 Å². The number of terminal acetylenes is 1. The highest BCUT2D eigenvalue weighted by molar-refractivity contribution is 4.67. The van der Waals surface area contributed by atoms with E-state index in [0.717, 1.165) is 6.04 Å². The lowest BCUT2D eigenvalue weighted by atomic mass is 10.3. The van der Waals surface area contributed by atoms with Crippen LogP contribution in [0.2, 0.25) is 0 Å². The van der Waals surface area contributed by atoms with Crippen molar-refractivity contribution in [2.45, 2.75) is 32.7 Å². The Morgan fingerprint density at radius 1 is 1.55 bits per heavy atom. The van der Waals surface area contributed by atoms with E-state index in [2.05, 4.69) is 31.7 Å². The molecular weight excluding hydrogens is 134 g/mol. The molecule has 0 aliphatic carbocycles. The van der Waals surface area contributed by atoms with Crippen molar-refractivity contribution in [1.29, 1.82) is 0 Å². The second kappa shape index (κ2) is 12.0. The van der Waals surface area contributed by atoms with E-state index in [-0.39, 0.29) is 0 Å². The molecule has 1 atom stereocenters. The fraction of sp³-hybridized carbons (Fsp3) is 0.600. The van der Waals surface area contributed by atoms with Gasteiger partial charge in [-0.25, -0.2) is 0 Å². The molecule has 1 aliphatic rings. The molecule has 1 fully saturated rings. The fourth-order valence-corrected chi connectivity index (χ4v) is 0.859. The largest absolute Gasteiger partial charge is 0.314 e. The van der Waals surface area contributed by atoms with Gasteiger partial charge in [0.2, 0.25) is 0 Å². The van der Waals surface area contributed by atoms with Crippen LogP contribution >= 0.6 is 0 Å².